The smallest absolute Gasteiger partial charge is 0.282 e. The second kappa shape index (κ2) is 8.92. The fourth-order valence-electron chi connectivity index (χ4n) is 3.50. The highest BCUT2D eigenvalue weighted by Crippen LogP contribution is 2.19. The molecule has 2 aliphatic heterocycles. The highest BCUT2D eigenvalue weighted by Gasteiger charge is 2.37. The van der Waals surface area contributed by atoms with Gasteiger partial charge in [0, 0.05) is 50.4 Å². The number of carbonyl (C=O) groups is 1. The molecule has 3 rings (SSSR count). The Bertz CT molecular complexity index is 827. The minimum Gasteiger partial charge on any atom is -0.373 e. The molecule has 2 atom stereocenters. The molecule has 154 valence electrons. The molecule has 7 nitrogen and oxygen atoms in total. The molecule has 0 aromatic heterocycles. The van der Waals surface area contributed by atoms with Gasteiger partial charge < -0.3 is 9.64 Å². The standard InChI is InChI=1S/C19H26ClN3O4S/c1-15-13-23(14-16(2)27-15)28(25,26)22-10-8-21(9-11-22)19(24)7-6-17-4-3-5-18(20)12-17/h3-7,12,15-16H,8-11,13-14H2,1-2H3. The number of halogens is 1. The third-order valence-corrected chi connectivity index (χ3v) is 7.06. The van der Waals surface area contributed by atoms with Crippen LogP contribution in [0.2, 0.25) is 5.02 Å². The van der Waals surface area contributed by atoms with Gasteiger partial charge in [-0.2, -0.15) is 17.0 Å². The Balaban J connectivity index is 1.57. The molecule has 0 saturated carbocycles. The minimum atomic E-state index is -3.54. The molecular formula is C19H26ClN3O4S. The number of hydrogen-bond donors (Lipinski definition) is 0. The topological polar surface area (TPSA) is 70.2 Å². The molecule has 0 radical (unpaired) electrons. The summed E-state index contributed by atoms with van der Waals surface area (Å²) in [5.74, 6) is -0.134. The first-order valence-electron chi connectivity index (χ1n) is 9.39. The van der Waals surface area contributed by atoms with E-state index in [2.05, 4.69) is 0 Å². The van der Waals surface area contributed by atoms with E-state index in [1.165, 1.54) is 14.7 Å². The van der Waals surface area contributed by atoms with Crippen LogP contribution in [0.3, 0.4) is 0 Å². The monoisotopic (exact) mass is 427 g/mol. The zero-order valence-corrected chi connectivity index (χ0v) is 17.7. The van der Waals surface area contributed by atoms with Crippen LogP contribution in [-0.2, 0) is 19.7 Å². The van der Waals surface area contributed by atoms with Crippen molar-refractivity contribution in [3.63, 3.8) is 0 Å². The van der Waals surface area contributed by atoms with Gasteiger partial charge in [-0.1, -0.05) is 23.7 Å². The Hall–Kier alpha value is -1.45. The summed E-state index contributed by atoms with van der Waals surface area (Å²) in [6.45, 7) is 5.78. The fraction of sp³-hybridized carbons (Fsp3) is 0.526. The molecule has 2 fully saturated rings. The summed E-state index contributed by atoms with van der Waals surface area (Å²) in [6.07, 6.45) is 2.96. The number of benzene rings is 1. The van der Waals surface area contributed by atoms with Crippen LogP contribution in [0.1, 0.15) is 19.4 Å². The van der Waals surface area contributed by atoms with Crippen LogP contribution in [0, 0.1) is 0 Å². The van der Waals surface area contributed by atoms with Crippen LogP contribution in [-0.4, -0.2) is 79.3 Å². The molecule has 9 heteroatoms. The zero-order valence-electron chi connectivity index (χ0n) is 16.1. The van der Waals surface area contributed by atoms with Gasteiger partial charge in [-0.15, -0.1) is 0 Å². The van der Waals surface area contributed by atoms with E-state index < -0.39 is 10.2 Å². The summed E-state index contributed by atoms with van der Waals surface area (Å²) < 4.78 is 34.4. The highest BCUT2D eigenvalue weighted by molar-refractivity contribution is 7.86. The van der Waals surface area contributed by atoms with Crippen LogP contribution >= 0.6 is 11.6 Å². The lowest BCUT2D eigenvalue weighted by molar-refractivity contribution is -0.127. The van der Waals surface area contributed by atoms with Gasteiger partial charge in [0.2, 0.25) is 5.91 Å². The van der Waals surface area contributed by atoms with E-state index >= 15 is 0 Å². The zero-order chi connectivity index (χ0) is 20.3. The van der Waals surface area contributed by atoms with Crippen LogP contribution in [0.15, 0.2) is 30.3 Å². The lowest BCUT2D eigenvalue weighted by Crippen LogP contribution is -2.57. The third-order valence-electron chi connectivity index (χ3n) is 4.86. The largest absolute Gasteiger partial charge is 0.373 e. The molecule has 1 aromatic carbocycles. The maximum atomic E-state index is 12.9. The number of nitrogens with zero attached hydrogens (tertiary/aromatic N) is 3. The van der Waals surface area contributed by atoms with Gasteiger partial charge in [-0.25, -0.2) is 0 Å². The average molecular weight is 428 g/mol. The van der Waals surface area contributed by atoms with E-state index in [1.54, 1.807) is 23.1 Å². The molecule has 2 unspecified atom stereocenters. The summed E-state index contributed by atoms with van der Waals surface area (Å²) in [7, 11) is -3.54. The van der Waals surface area contributed by atoms with Gasteiger partial charge in [-0.3, -0.25) is 4.79 Å². The van der Waals surface area contributed by atoms with Gasteiger partial charge in [0.1, 0.15) is 0 Å². The molecular weight excluding hydrogens is 402 g/mol. The molecule has 0 spiro atoms. The number of carbonyl (C=O) groups excluding carboxylic acids is 1. The molecule has 2 heterocycles. The Labute approximate surface area is 171 Å². The van der Waals surface area contributed by atoms with E-state index in [1.807, 2.05) is 26.0 Å². The Morgan fingerprint density at radius 3 is 2.36 bits per heavy atom. The third kappa shape index (κ3) is 5.12. The number of morpholine rings is 1. The van der Waals surface area contributed by atoms with Crippen molar-refractivity contribution < 1.29 is 17.9 Å². The molecule has 1 aromatic rings. The summed E-state index contributed by atoms with van der Waals surface area (Å²) in [5, 5.41) is 0.611. The first-order valence-corrected chi connectivity index (χ1v) is 11.2. The van der Waals surface area contributed by atoms with Crippen molar-refractivity contribution in [2.75, 3.05) is 39.3 Å². The van der Waals surface area contributed by atoms with Gasteiger partial charge in [-0.05, 0) is 37.6 Å². The van der Waals surface area contributed by atoms with Crippen LogP contribution < -0.4 is 0 Å². The normalized spacial score (nSPS) is 25.3. The summed E-state index contributed by atoms with van der Waals surface area (Å²) in [4.78, 5) is 14.1. The number of amides is 1. The maximum absolute atomic E-state index is 12.9. The lowest BCUT2D eigenvalue weighted by atomic mass is 10.2. The quantitative estimate of drug-likeness (QED) is 0.687. The molecule has 2 aliphatic rings. The van der Waals surface area contributed by atoms with Crippen LogP contribution in [0.4, 0.5) is 0 Å². The van der Waals surface area contributed by atoms with Crippen LogP contribution in [0.5, 0.6) is 0 Å². The Morgan fingerprint density at radius 2 is 1.75 bits per heavy atom. The van der Waals surface area contributed by atoms with Gasteiger partial charge in [0.25, 0.3) is 10.2 Å². The first-order chi connectivity index (χ1) is 13.3. The van der Waals surface area contributed by atoms with Crippen molar-refractivity contribution in [3.8, 4) is 0 Å². The average Bonchev–Trinajstić information content (AvgIpc) is 2.65. The lowest BCUT2D eigenvalue weighted by Gasteiger charge is -2.40. The van der Waals surface area contributed by atoms with Gasteiger partial charge >= 0.3 is 0 Å². The van der Waals surface area contributed by atoms with E-state index in [0.29, 0.717) is 44.3 Å². The number of rotatable bonds is 4. The molecule has 2 saturated heterocycles. The van der Waals surface area contributed by atoms with Gasteiger partial charge in [0.15, 0.2) is 0 Å². The SMILES string of the molecule is CC1CN(S(=O)(=O)N2CCN(C(=O)C=Cc3cccc(Cl)c3)CC2)CC(C)O1. The van der Waals surface area contributed by atoms with Crippen molar-refractivity contribution in [1.29, 1.82) is 0 Å². The van der Waals surface area contributed by atoms with Crippen molar-refractivity contribution >= 4 is 33.8 Å². The number of ether oxygens (including phenoxy) is 1. The second-order valence-electron chi connectivity index (χ2n) is 7.19. The minimum absolute atomic E-state index is 0.127. The number of hydrogen-bond acceptors (Lipinski definition) is 4. The molecule has 0 N–H and O–H groups in total. The molecule has 1 amide bonds. The molecule has 0 aliphatic carbocycles. The van der Waals surface area contributed by atoms with E-state index in [9.17, 15) is 13.2 Å². The first kappa shape index (κ1) is 21.3. The fourth-order valence-corrected chi connectivity index (χ4v) is 5.45. The predicted molar refractivity (Wildman–Crippen MR) is 109 cm³/mol. The van der Waals surface area contributed by atoms with Gasteiger partial charge in [0.05, 0.1) is 12.2 Å². The summed E-state index contributed by atoms with van der Waals surface area (Å²) >= 11 is 5.95. The van der Waals surface area contributed by atoms with E-state index in [4.69, 9.17) is 16.3 Å². The molecule has 28 heavy (non-hydrogen) atoms. The van der Waals surface area contributed by atoms with Crippen molar-refractivity contribution in [2.45, 2.75) is 26.1 Å². The van der Waals surface area contributed by atoms with Crippen LogP contribution in [0.25, 0.3) is 6.08 Å². The van der Waals surface area contributed by atoms with E-state index in [-0.39, 0.29) is 18.1 Å². The van der Waals surface area contributed by atoms with E-state index in [0.717, 1.165) is 5.56 Å². The maximum Gasteiger partial charge on any atom is 0.282 e. The molecule has 0 bridgehead atoms. The predicted octanol–water partition coefficient (Wildman–Crippen LogP) is 1.85. The second-order valence-corrected chi connectivity index (χ2v) is 9.56. The highest BCUT2D eigenvalue weighted by atomic mass is 35.5. The summed E-state index contributed by atoms with van der Waals surface area (Å²) in [6, 6.07) is 7.24. The van der Waals surface area contributed by atoms with Crippen molar-refractivity contribution in [2.24, 2.45) is 0 Å². The Kier molecular flexibility index (Phi) is 6.77. The number of piperazine rings is 1. The van der Waals surface area contributed by atoms with Crippen molar-refractivity contribution in [3.05, 3.63) is 40.9 Å². The Morgan fingerprint density at radius 1 is 1.11 bits per heavy atom. The summed E-state index contributed by atoms with van der Waals surface area (Å²) in [5.41, 5.74) is 0.845. The van der Waals surface area contributed by atoms with Crippen molar-refractivity contribution in [1.82, 2.24) is 13.5 Å².